The highest BCUT2D eigenvalue weighted by atomic mass is 35.5. The molecule has 0 radical (unpaired) electrons. The Balaban J connectivity index is 1.67. The number of nitrogens with one attached hydrogen (secondary N) is 1. The monoisotopic (exact) mass is 394 g/mol. The Morgan fingerprint density at radius 3 is 2.19 bits per heavy atom. The van der Waals surface area contributed by atoms with Crippen molar-refractivity contribution in [3.05, 3.63) is 59.1 Å². The fourth-order valence-corrected chi connectivity index (χ4v) is 4.74. The molecule has 0 spiro atoms. The molecule has 0 bridgehead atoms. The Labute approximate surface area is 160 Å². The third-order valence-electron chi connectivity index (χ3n) is 4.29. The number of ether oxygens (including phenoxy) is 1. The molecular weight excluding hydrogens is 372 g/mol. The molecule has 0 aliphatic carbocycles. The van der Waals surface area contributed by atoms with E-state index in [0.29, 0.717) is 29.6 Å². The maximum Gasteiger partial charge on any atom is 0.243 e. The first-order valence-electron chi connectivity index (χ1n) is 8.58. The summed E-state index contributed by atoms with van der Waals surface area (Å²) in [7, 11) is -3.51. The van der Waals surface area contributed by atoms with Gasteiger partial charge < -0.3 is 10.1 Å². The number of nitrogens with zero attached hydrogens (tertiary/aromatic N) is 1. The summed E-state index contributed by atoms with van der Waals surface area (Å²) in [5.74, 6) is 0. The number of halogens is 1. The quantitative estimate of drug-likeness (QED) is 0.839. The van der Waals surface area contributed by atoms with Gasteiger partial charge in [-0.3, -0.25) is 0 Å². The largest absolute Gasteiger partial charge is 0.381 e. The molecule has 1 heterocycles. The zero-order valence-electron chi connectivity index (χ0n) is 14.9. The predicted molar refractivity (Wildman–Crippen MR) is 104 cm³/mol. The van der Waals surface area contributed by atoms with Crippen molar-refractivity contribution in [1.29, 1.82) is 0 Å². The molecule has 1 N–H and O–H groups in total. The first-order chi connectivity index (χ1) is 12.3. The molecule has 5 nitrogen and oxygen atoms in total. The Hall–Kier alpha value is -1.60. The number of hydrogen-bond acceptors (Lipinski definition) is 4. The summed E-state index contributed by atoms with van der Waals surface area (Å²) in [6.07, 6.45) is -0.206. The van der Waals surface area contributed by atoms with Crippen molar-refractivity contribution in [1.82, 2.24) is 4.31 Å². The van der Waals surface area contributed by atoms with Crippen molar-refractivity contribution < 1.29 is 13.2 Å². The highest BCUT2D eigenvalue weighted by Gasteiger charge is 2.32. The van der Waals surface area contributed by atoms with Crippen molar-refractivity contribution in [3.8, 4) is 0 Å². The normalized spacial score (nSPS) is 21.5. The van der Waals surface area contributed by atoms with E-state index < -0.39 is 10.0 Å². The lowest BCUT2D eigenvalue weighted by Crippen LogP contribution is -2.48. The van der Waals surface area contributed by atoms with Gasteiger partial charge in [0, 0.05) is 30.3 Å². The van der Waals surface area contributed by atoms with E-state index in [1.807, 2.05) is 38.1 Å². The minimum atomic E-state index is -3.51. The standard InChI is InChI=1S/C19H23ClN2O3S/c1-14-12-22(13-15(2)25-14)26(23,24)19-9-7-18(8-10-19)21-11-16-3-5-17(20)6-4-16/h3-10,14-15,21H,11-13H2,1-2H3. The molecule has 7 heteroatoms. The molecule has 0 aromatic heterocycles. The molecule has 26 heavy (non-hydrogen) atoms. The van der Waals surface area contributed by atoms with E-state index in [0.717, 1.165) is 11.3 Å². The molecule has 1 aliphatic heterocycles. The summed E-state index contributed by atoms with van der Waals surface area (Å²) in [5.41, 5.74) is 1.96. The molecule has 2 atom stereocenters. The average molecular weight is 395 g/mol. The molecule has 140 valence electrons. The summed E-state index contributed by atoms with van der Waals surface area (Å²) in [5, 5.41) is 3.98. The van der Waals surface area contributed by atoms with Gasteiger partial charge in [0.2, 0.25) is 10.0 Å². The maximum atomic E-state index is 12.8. The van der Waals surface area contributed by atoms with Crippen molar-refractivity contribution in [3.63, 3.8) is 0 Å². The van der Waals surface area contributed by atoms with Gasteiger partial charge in [0.05, 0.1) is 17.1 Å². The van der Waals surface area contributed by atoms with Crippen LogP contribution < -0.4 is 5.32 Å². The molecule has 1 fully saturated rings. The molecular formula is C19H23ClN2O3S. The van der Waals surface area contributed by atoms with Gasteiger partial charge in [-0.15, -0.1) is 0 Å². The second kappa shape index (κ2) is 7.96. The van der Waals surface area contributed by atoms with E-state index in [2.05, 4.69) is 5.32 Å². The van der Waals surface area contributed by atoms with Crippen LogP contribution in [0.4, 0.5) is 5.69 Å². The van der Waals surface area contributed by atoms with Gasteiger partial charge in [0.1, 0.15) is 0 Å². The van der Waals surface area contributed by atoms with Crippen molar-refractivity contribution in [2.24, 2.45) is 0 Å². The SMILES string of the molecule is CC1CN(S(=O)(=O)c2ccc(NCc3ccc(Cl)cc3)cc2)CC(C)O1. The Bertz CT molecular complexity index is 828. The summed E-state index contributed by atoms with van der Waals surface area (Å²) in [6, 6.07) is 14.5. The van der Waals surface area contributed by atoms with Gasteiger partial charge in [-0.25, -0.2) is 8.42 Å². The van der Waals surface area contributed by atoms with E-state index in [1.54, 1.807) is 24.3 Å². The van der Waals surface area contributed by atoms with E-state index >= 15 is 0 Å². The van der Waals surface area contributed by atoms with Crippen LogP contribution in [0.3, 0.4) is 0 Å². The summed E-state index contributed by atoms with van der Waals surface area (Å²) in [4.78, 5) is 0.302. The van der Waals surface area contributed by atoms with Crippen LogP contribution in [0, 0.1) is 0 Å². The number of sulfonamides is 1. The van der Waals surface area contributed by atoms with Crippen LogP contribution >= 0.6 is 11.6 Å². The maximum absolute atomic E-state index is 12.8. The third-order valence-corrected chi connectivity index (χ3v) is 6.39. The van der Waals surface area contributed by atoms with E-state index in [-0.39, 0.29) is 12.2 Å². The lowest BCUT2D eigenvalue weighted by Gasteiger charge is -2.34. The topological polar surface area (TPSA) is 58.6 Å². The van der Waals surface area contributed by atoms with E-state index in [1.165, 1.54) is 4.31 Å². The van der Waals surface area contributed by atoms with Crippen molar-refractivity contribution >= 4 is 27.3 Å². The van der Waals surface area contributed by atoms with E-state index in [4.69, 9.17) is 16.3 Å². The number of hydrogen-bond donors (Lipinski definition) is 1. The lowest BCUT2D eigenvalue weighted by molar-refractivity contribution is -0.0440. The first kappa shape index (κ1) is 19.2. The zero-order chi connectivity index (χ0) is 18.7. The van der Waals surface area contributed by atoms with Gasteiger partial charge in [-0.2, -0.15) is 4.31 Å². The highest BCUT2D eigenvalue weighted by Crippen LogP contribution is 2.22. The smallest absolute Gasteiger partial charge is 0.243 e. The van der Waals surface area contributed by atoms with Crippen LogP contribution in [-0.2, 0) is 21.3 Å². The molecule has 0 saturated carbocycles. The van der Waals surface area contributed by atoms with Crippen LogP contribution in [0.2, 0.25) is 5.02 Å². The fourth-order valence-electron chi connectivity index (χ4n) is 3.03. The number of morpholine rings is 1. The van der Waals surface area contributed by atoms with Gasteiger partial charge in [-0.1, -0.05) is 23.7 Å². The Morgan fingerprint density at radius 1 is 1.04 bits per heavy atom. The van der Waals surface area contributed by atoms with Crippen molar-refractivity contribution in [2.45, 2.75) is 37.5 Å². The first-order valence-corrected chi connectivity index (χ1v) is 10.4. The van der Waals surface area contributed by atoms with Gasteiger partial charge in [-0.05, 0) is 55.8 Å². The number of rotatable bonds is 5. The van der Waals surface area contributed by atoms with Gasteiger partial charge >= 0.3 is 0 Å². The van der Waals surface area contributed by atoms with Crippen LogP contribution in [-0.4, -0.2) is 38.0 Å². The van der Waals surface area contributed by atoms with Crippen LogP contribution in [0.1, 0.15) is 19.4 Å². The fraction of sp³-hybridized carbons (Fsp3) is 0.368. The highest BCUT2D eigenvalue weighted by molar-refractivity contribution is 7.89. The second-order valence-corrected chi connectivity index (χ2v) is 8.96. The molecule has 2 unspecified atom stereocenters. The average Bonchev–Trinajstić information content (AvgIpc) is 2.61. The molecule has 2 aromatic carbocycles. The Morgan fingerprint density at radius 2 is 1.62 bits per heavy atom. The van der Waals surface area contributed by atoms with Crippen LogP contribution in [0.15, 0.2) is 53.4 Å². The third kappa shape index (κ3) is 4.57. The molecule has 1 aliphatic rings. The van der Waals surface area contributed by atoms with Crippen molar-refractivity contribution in [2.75, 3.05) is 18.4 Å². The molecule has 1 saturated heterocycles. The minimum Gasteiger partial charge on any atom is -0.381 e. The zero-order valence-corrected chi connectivity index (χ0v) is 16.4. The minimum absolute atomic E-state index is 0.103. The van der Waals surface area contributed by atoms with Gasteiger partial charge in [0.15, 0.2) is 0 Å². The molecule has 2 aromatic rings. The Kier molecular flexibility index (Phi) is 5.87. The lowest BCUT2D eigenvalue weighted by atomic mass is 10.2. The van der Waals surface area contributed by atoms with Crippen LogP contribution in [0.5, 0.6) is 0 Å². The molecule has 3 rings (SSSR count). The van der Waals surface area contributed by atoms with E-state index in [9.17, 15) is 8.42 Å². The summed E-state index contributed by atoms with van der Waals surface area (Å²) >= 11 is 5.88. The predicted octanol–water partition coefficient (Wildman–Crippen LogP) is 3.75. The number of benzene rings is 2. The second-order valence-electron chi connectivity index (χ2n) is 6.58. The number of anilines is 1. The summed E-state index contributed by atoms with van der Waals surface area (Å²) < 4.78 is 32.8. The van der Waals surface area contributed by atoms with Gasteiger partial charge in [0.25, 0.3) is 0 Å². The summed E-state index contributed by atoms with van der Waals surface area (Å²) in [6.45, 7) is 5.18. The molecule has 0 amide bonds. The van der Waals surface area contributed by atoms with Crippen LogP contribution in [0.25, 0.3) is 0 Å².